The van der Waals surface area contributed by atoms with Gasteiger partial charge in [-0.05, 0) is 35.9 Å². The minimum Gasteiger partial charge on any atom is -0.505 e. The highest BCUT2D eigenvalue weighted by atomic mass is 16.5. The molecule has 0 aliphatic carbocycles. The fourth-order valence-electron chi connectivity index (χ4n) is 3.34. The number of phenolic OH excluding ortho intramolecular Hbond substituents is 1. The van der Waals surface area contributed by atoms with E-state index in [4.69, 9.17) is 4.74 Å². The van der Waals surface area contributed by atoms with Crippen LogP contribution in [0.5, 0.6) is 11.5 Å². The number of carbonyl (C=O) groups is 1. The first-order valence-electron chi connectivity index (χ1n) is 9.24. The maximum Gasteiger partial charge on any atom is 0.252 e. The van der Waals surface area contributed by atoms with Crippen LogP contribution in [0.25, 0.3) is 10.9 Å². The van der Waals surface area contributed by atoms with Gasteiger partial charge in [0.15, 0.2) is 0 Å². The number of phenols is 1. The van der Waals surface area contributed by atoms with Gasteiger partial charge in [-0.25, -0.2) is 0 Å². The standard InChI is InChI=1S/C24H20N2O3/c1-29-19-11-5-9-18(15-19)21(26-24(28)17-7-3-2-4-8-17)20-13-12-16-10-6-14-25-22(16)23(20)27/h2-15,21,27H,1H3,(H,26,28). The Morgan fingerprint density at radius 2 is 1.83 bits per heavy atom. The minimum absolute atomic E-state index is 0.0456. The Bertz CT molecular complexity index is 1160. The van der Waals surface area contributed by atoms with Gasteiger partial charge in [0, 0.05) is 22.7 Å². The zero-order chi connectivity index (χ0) is 20.2. The van der Waals surface area contributed by atoms with Gasteiger partial charge < -0.3 is 15.2 Å². The summed E-state index contributed by atoms with van der Waals surface area (Å²) < 4.78 is 5.34. The average molecular weight is 384 g/mol. The van der Waals surface area contributed by atoms with Crippen LogP contribution in [0, 0.1) is 0 Å². The number of hydrogen-bond acceptors (Lipinski definition) is 4. The molecule has 2 N–H and O–H groups in total. The molecule has 1 unspecified atom stereocenters. The van der Waals surface area contributed by atoms with Gasteiger partial charge in [0.05, 0.1) is 13.2 Å². The molecule has 0 fully saturated rings. The number of amides is 1. The summed E-state index contributed by atoms with van der Waals surface area (Å²) in [7, 11) is 1.59. The van der Waals surface area contributed by atoms with E-state index >= 15 is 0 Å². The van der Waals surface area contributed by atoms with Crippen molar-refractivity contribution in [1.82, 2.24) is 10.3 Å². The summed E-state index contributed by atoms with van der Waals surface area (Å²) in [6.45, 7) is 0. The van der Waals surface area contributed by atoms with Gasteiger partial charge in [-0.15, -0.1) is 0 Å². The van der Waals surface area contributed by atoms with Gasteiger partial charge in [-0.3, -0.25) is 9.78 Å². The van der Waals surface area contributed by atoms with E-state index in [2.05, 4.69) is 10.3 Å². The molecule has 29 heavy (non-hydrogen) atoms. The molecule has 0 saturated heterocycles. The molecule has 3 aromatic carbocycles. The molecular formula is C24H20N2O3. The first kappa shape index (κ1) is 18.5. The van der Waals surface area contributed by atoms with Crippen LogP contribution in [0.1, 0.15) is 27.5 Å². The van der Waals surface area contributed by atoms with Crippen LogP contribution in [0.15, 0.2) is 85.1 Å². The molecule has 5 heteroatoms. The molecule has 0 aliphatic rings. The third-order valence-corrected chi connectivity index (χ3v) is 4.83. The number of hydrogen-bond donors (Lipinski definition) is 2. The number of aromatic hydroxyl groups is 1. The summed E-state index contributed by atoms with van der Waals surface area (Å²) in [5.74, 6) is 0.475. The van der Waals surface area contributed by atoms with E-state index in [1.807, 2.05) is 66.7 Å². The number of ether oxygens (including phenoxy) is 1. The van der Waals surface area contributed by atoms with Crippen molar-refractivity contribution < 1.29 is 14.6 Å². The number of carbonyl (C=O) groups excluding carboxylic acids is 1. The van der Waals surface area contributed by atoms with Crippen LogP contribution in [0.3, 0.4) is 0 Å². The topological polar surface area (TPSA) is 71.5 Å². The van der Waals surface area contributed by atoms with Crippen molar-refractivity contribution in [3.63, 3.8) is 0 Å². The van der Waals surface area contributed by atoms with Gasteiger partial charge >= 0.3 is 0 Å². The molecule has 0 bridgehead atoms. The highest BCUT2D eigenvalue weighted by Gasteiger charge is 2.23. The van der Waals surface area contributed by atoms with Gasteiger partial charge in [0.2, 0.25) is 0 Å². The number of pyridine rings is 1. The Morgan fingerprint density at radius 1 is 1.00 bits per heavy atom. The quantitative estimate of drug-likeness (QED) is 0.533. The molecule has 1 atom stereocenters. The normalized spacial score (nSPS) is 11.8. The van der Waals surface area contributed by atoms with Crippen molar-refractivity contribution in [2.75, 3.05) is 7.11 Å². The van der Waals surface area contributed by atoms with E-state index < -0.39 is 6.04 Å². The number of nitrogens with one attached hydrogen (secondary N) is 1. The lowest BCUT2D eigenvalue weighted by Gasteiger charge is -2.22. The maximum absolute atomic E-state index is 12.9. The second kappa shape index (κ2) is 8.02. The predicted octanol–water partition coefficient (Wildman–Crippen LogP) is 4.47. The van der Waals surface area contributed by atoms with Crippen LogP contribution in [0.4, 0.5) is 0 Å². The molecule has 1 amide bonds. The van der Waals surface area contributed by atoms with Gasteiger partial charge in [0.1, 0.15) is 17.0 Å². The monoisotopic (exact) mass is 384 g/mol. The van der Waals surface area contributed by atoms with Crippen molar-refractivity contribution in [3.8, 4) is 11.5 Å². The summed E-state index contributed by atoms with van der Waals surface area (Å²) in [6.07, 6.45) is 1.63. The maximum atomic E-state index is 12.9. The predicted molar refractivity (Wildman–Crippen MR) is 112 cm³/mol. The lowest BCUT2D eigenvalue weighted by molar-refractivity contribution is 0.0942. The number of benzene rings is 3. The number of nitrogens with zero attached hydrogens (tertiary/aromatic N) is 1. The lowest BCUT2D eigenvalue weighted by atomic mass is 9.95. The Kier molecular flexibility index (Phi) is 5.12. The fourth-order valence-corrected chi connectivity index (χ4v) is 3.34. The average Bonchev–Trinajstić information content (AvgIpc) is 2.79. The zero-order valence-electron chi connectivity index (χ0n) is 15.9. The second-order valence-corrected chi connectivity index (χ2v) is 6.63. The van der Waals surface area contributed by atoms with Crippen molar-refractivity contribution in [2.24, 2.45) is 0 Å². The van der Waals surface area contributed by atoms with Gasteiger partial charge in [0.25, 0.3) is 5.91 Å². The number of rotatable bonds is 5. The van der Waals surface area contributed by atoms with Crippen molar-refractivity contribution >= 4 is 16.8 Å². The number of methoxy groups -OCH3 is 1. The van der Waals surface area contributed by atoms with E-state index in [1.165, 1.54) is 0 Å². The molecule has 4 aromatic rings. The summed E-state index contributed by atoms with van der Waals surface area (Å²) >= 11 is 0. The molecule has 5 nitrogen and oxygen atoms in total. The Balaban J connectivity index is 1.82. The van der Waals surface area contributed by atoms with E-state index in [9.17, 15) is 9.90 Å². The Morgan fingerprint density at radius 3 is 2.62 bits per heavy atom. The van der Waals surface area contributed by atoms with Gasteiger partial charge in [-0.1, -0.05) is 48.5 Å². The molecule has 4 rings (SSSR count). The lowest BCUT2D eigenvalue weighted by Crippen LogP contribution is -2.29. The van der Waals surface area contributed by atoms with Crippen molar-refractivity contribution in [2.45, 2.75) is 6.04 Å². The zero-order valence-corrected chi connectivity index (χ0v) is 15.9. The van der Waals surface area contributed by atoms with Crippen LogP contribution < -0.4 is 10.1 Å². The van der Waals surface area contributed by atoms with E-state index in [0.29, 0.717) is 22.4 Å². The molecule has 0 spiro atoms. The molecule has 0 aliphatic heterocycles. The minimum atomic E-state index is -0.579. The Labute approximate surface area is 168 Å². The number of aromatic nitrogens is 1. The van der Waals surface area contributed by atoms with Crippen molar-refractivity contribution in [3.05, 3.63) is 102 Å². The third kappa shape index (κ3) is 3.75. The largest absolute Gasteiger partial charge is 0.505 e. The summed E-state index contributed by atoms with van der Waals surface area (Å²) in [5.41, 5.74) is 2.39. The smallest absolute Gasteiger partial charge is 0.252 e. The van der Waals surface area contributed by atoms with E-state index in [0.717, 1.165) is 10.9 Å². The first-order valence-corrected chi connectivity index (χ1v) is 9.24. The van der Waals surface area contributed by atoms with Crippen LogP contribution >= 0.6 is 0 Å². The highest BCUT2D eigenvalue weighted by molar-refractivity contribution is 5.95. The SMILES string of the molecule is COc1cccc(C(NC(=O)c2ccccc2)c2ccc3cccnc3c2O)c1. The molecule has 1 heterocycles. The summed E-state index contributed by atoms with van der Waals surface area (Å²) in [5, 5.41) is 14.8. The fraction of sp³-hybridized carbons (Fsp3) is 0.0833. The third-order valence-electron chi connectivity index (χ3n) is 4.83. The van der Waals surface area contributed by atoms with E-state index in [-0.39, 0.29) is 11.7 Å². The van der Waals surface area contributed by atoms with Crippen molar-refractivity contribution in [1.29, 1.82) is 0 Å². The van der Waals surface area contributed by atoms with E-state index in [1.54, 1.807) is 25.4 Å². The number of fused-ring (bicyclic) bond motifs is 1. The van der Waals surface area contributed by atoms with Gasteiger partial charge in [-0.2, -0.15) is 0 Å². The highest BCUT2D eigenvalue weighted by Crippen LogP contribution is 2.35. The van der Waals surface area contributed by atoms with Crippen LogP contribution in [-0.2, 0) is 0 Å². The second-order valence-electron chi connectivity index (χ2n) is 6.63. The molecule has 144 valence electrons. The molecule has 0 saturated carbocycles. The molecule has 1 aromatic heterocycles. The van der Waals surface area contributed by atoms with Crippen LogP contribution in [-0.4, -0.2) is 23.1 Å². The summed E-state index contributed by atoms with van der Waals surface area (Å²) in [4.78, 5) is 17.2. The first-order chi connectivity index (χ1) is 14.2. The summed E-state index contributed by atoms with van der Waals surface area (Å²) in [6, 6.07) is 23.2. The molecular weight excluding hydrogens is 364 g/mol. The molecule has 0 radical (unpaired) electrons. The Hall–Kier alpha value is -3.86. The van der Waals surface area contributed by atoms with Crippen LogP contribution in [0.2, 0.25) is 0 Å².